The molecule has 0 aliphatic rings. The number of carbonyl (C=O) groups is 2. The van der Waals surface area contributed by atoms with Crippen molar-refractivity contribution in [3.05, 3.63) is 29.6 Å². The number of hydrogen-bond donors (Lipinski definition) is 3. The highest BCUT2D eigenvalue weighted by Crippen LogP contribution is 2.16. The molecule has 1 aromatic rings. The summed E-state index contributed by atoms with van der Waals surface area (Å²) >= 11 is 0. The average molecular weight is 282 g/mol. The maximum Gasteiger partial charge on any atom is 0.335 e. The minimum absolute atomic E-state index is 0.0192. The van der Waals surface area contributed by atoms with Gasteiger partial charge in [-0.1, -0.05) is 20.3 Å². The van der Waals surface area contributed by atoms with Gasteiger partial charge in [-0.15, -0.1) is 0 Å². The smallest absolute Gasteiger partial charge is 0.335 e. The summed E-state index contributed by atoms with van der Waals surface area (Å²) in [6.07, 6.45) is 2.54. The molecular weight excluding hydrogens is 263 g/mol. The summed E-state index contributed by atoms with van der Waals surface area (Å²) in [7, 11) is 0. The summed E-state index contributed by atoms with van der Waals surface area (Å²) in [5.74, 6) is -1.85. The molecule has 20 heavy (non-hydrogen) atoms. The fourth-order valence-electron chi connectivity index (χ4n) is 1.82. The molecule has 1 atom stereocenters. The molecule has 0 bridgehead atoms. The predicted octanol–water partition coefficient (Wildman–Crippen LogP) is 3.22. The standard InChI is InChI=1S/C14H19FN2O3/c1-3-5-10(4-2)16-14(20)17-12-8-9(13(18)19)6-7-11(12)15/h6-8,10H,3-5H2,1-2H3,(H,18,19)(H2,16,17,20). The number of benzene rings is 1. The first-order valence-corrected chi connectivity index (χ1v) is 6.58. The number of carboxylic acids is 1. The summed E-state index contributed by atoms with van der Waals surface area (Å²) in [5, 5.41) is 13.9. The Morgan fingerprint density at radius 2 is 2.05 bits per heavy atom. The second-order valence-electron chi connectivity index (χ2n) is 4.49. The molecule has 0 aliphatic heterocycles. The number of anilines is 1. The number of nitrogens with one attached hydrogen (secondary N) is 2. The second-order valence-corrected chi connectivity index (χ2v) is 4.49. The number of aromatic carboxylic acids is 1. The molecule has 0 saturated carbocycles. The van der Waals surface area contributed by atoms with Crippen LogP contribution in [-0.4, -0.2) is 23.1 Å². The summed E-state index contributed by atoms with van der Waals surface area (Å²) in [4.78, 5) is 22.6. The molecule has 0 saturated heterocycles. The van der Waals surface area contributed by atoms with Crippen LogP contribution >= 0.6 is 0 Å². The highest BCUT2D eigenvalue weighted by atomic mass is 19.1. The quantitative estimate of drug-likeness (QED) is 0.749. The van der Waals surface area contributed by atoms with E-state index in [1.807, 2.05) is 13.8 Å². The number of halogens is 1. The van der Waals surface area contributed by atoms with E-state index in [9.17, 15) is 14.0 Å². The maximum absolute atomic E-state index is 13.5. The van der Waals surface area contributed by atoms with Crippen LogP contribution in [0.2, 0.25) is 0 Å². The molecule has 0 spiro atoms. The van der Waals surface area contributed by atoms with Gasteiger partial charge in [-0.05, 0) is 31.0 Å². The maximum atomic E-state index is 13.5. The van der Waals surface area contributed by atoms with E-state index in [0.29, 0.717) is 0 Å². The van der Waals surface area contributed by atoms with Crippen molar-refractivity contribution in [3.63, 3.8) is 0 Å². The van der Waals surface area contributed by atoms with Gasteiger partial charge in [0.2, 0.25) is 0 Å². The van der Waals surface area contributed by atoms with Crippen molar-refractivity contribution >= 4 is 17.7 Å². The monoisotopic (exact) mass is 282 g/mol. The van der Waals surface area contributed by atoms with Crippen LogP contribution in [0.5, 0.6) is 0 Å². The Labute approximate surface area is 117 Å². The van der Waals surface area contributed by atoms with Gasteiger partial charge in [-0.3, -0.25) is 0 Å². The predicted molar refractivity (Wildman–Crippen MR) is 74.5 cm³/mol. The molecule has 3 N–H and O–H groups in total. The van der Waals surface area contributed by atoms with Crippen LogP contribution in [0.25, 0.3) is 0 Å². The average Bonchev–Trinajstić information content (AvgIpc) is 2.40. The Morgan fingerprint density at radius 1 is 1.35 bits per heavy atom. The van der Waals surface area contributed by atoms with Crippen LogP contribution in [0.1, 0.15) is 43.5 Å². The second kappa shape index (κ2) is 7.47. The Hall–Kier alpha value is -2.11. The van der Waals surface area contributed by atoms with Crippen molar-refractivity contribution in [2.24, 2.45) is 0 Å². The first-order chi connectivity index (χ1) is 9.47. The molecule has 0 radical (unpaired) electrons. The zero-order valence-electron chi connectivity index (χ0n) is 11.6. The van der Waals surface area contributed by atoms with Crippen molar-refractivity contribution in [3.8, 4) is 0 Å². The fraction of sp³-hybridized carbons (Fsp3) is 0.429. The zero-order valence-corrected chi connectivity index (χ0v) is 11.6. The lowest BCUT2D eigenvalue weighted by atomic mass is 10.1. The van der Waals surface area contributed by atoms with Crippen LogP contribution in [0, 0.1) is 5.82 Å². The van der Waals surface area contributed by atoms with E-state index in [1.54, 1.807) is 0 Å². The third kappa shape index (κ3) is 4.53. The Kier molecular flexibility index (Phi) is 5.96. The van der Waals surface area contributed by atoms with Gasteiger partial charge in [0.05, 0.1) is 11.3 Å². The number of rotatable bonds is 6. The van der Waals surface area contributed by atoms with Crippen molar-refractivity contribution in [2.75, 3.05) is 5.32 Å². The molecule has 0 aliphatic carbocycles. The molecule has 110 valence electrons. The first kappa shape index (κ1) is 15.9. The third-order valence-corrected chi connectivity index (χ3v) is 2.93. The van der Waals surface area contributed by atoms with Gasteiger partial charge in [0.15, 0.2) is 0 Å². The van der Waals surface area contributed by atoms with E-state index < -0.39 is 17.8 Å². The number of carbonyl (C=O) groups excluding carboxylic acids is 1. The number of carboxylic acid groups (broad SMARTS) is 1. The van der Waals surface area contributed by atoms with Gasteiger partial charge in [-0.25, -0.2) is 14.0 Å². The first-order valence-electron chi connectivity index (χ1n) is 6.58. The van der Waals surface area contributed by atoms with E-state index in [0.717, 1.165) is 37.5 Å². The van der Waals surface area contributed by atoms with Crippen LogP contribution in [-0.2, 0) is 0 Å². The number of hydrogen-bond acceptors (Lipinski definition) is 2. The van der Waals surface area contributed by atoms with Gasteiger partial charge < -0.3 is 15.7 Å². The van der Waals surface area contributed by atoms with Crippen molar-refractivity contribution in [2.45, 2.75) is 39.2 Å². The molecule has 1 rings (SSSR count). The van der Waals surface area contributed by atoms with E-state index >= 15 is 0 Å². The van der Waals surface area contributed by atoms with Crippen LogP contribution in [0.4, 0.5) is 14.9 Å². The minimum atomic E-state index is -1.18. The lowest BCUT2D eigenvalue weighted by Crippen LogP contribution is -2.37. The van der Waals surface area contributed by atoms with E-state index in [2.05, 4.69) is 10.6 Å². The summed E-state index contributed by atoms with van der Waals surface area (Å²) < 4.78 is 13.5. The molecule has 2 amide bonds. The zero-order chi connectivity index (χ0) is 15.1. The Morgan fingerprint density at radius 3 is 2.60 bits per heavy atom. The largest absolute Gasteiger partial charge is 0.478 e. The molecule has 1 aromatic carbocycles. The minimum Gasteiger partial charge on any atom is -0.478 e. The summed E-state index contributed by atoms with van der Waals surface area (Å²) in [6.45, 7) is 3.96. The number of urea groups is 1. The molecule has 0 fully saturated rings. The molecule has 1 unspecified atom stereocenters. The molecule has 6 heteroatoms. The molecule has 0 heterocycles. The van der Waals surface area contributed by atoms with Crippen molar-refractivity contribution in [1.29, 1.82) is 0 Å². The topological polar surface area (TPSA) is 78.4 Å². The SMILES string of the molecule is CCCC(CC)NC(=O)Nc1cc(C(=O)O)ccc1F. The highest BCUT2D eigenvalue weighted by Gasteiger charge is 2.13. The Bertz CT molecular complexity index is 491. The fourth-order valence-corrected chi connectivity index (χ4v) is 1.82. The lowest BCUT2D eigenvalue weighted by molar-refractivity contribution is 0.0697. The highest BCUT2D eigenvalue weighted by molar-refractivity contribution is 5.93. The van der Waals surface area contributed by atoms with Crippen molar-refractivity contribution < 1.29 is 19.1 Å². The summed E-state index contributed by atoms with van der Waals surface area (Å²) in [5.41, 5.74) is -0.226. The molecule has 5 nitrogen and oxygen atoms in total. The lowest BCUT2D eigenvalue weighted by Gasteiger charge is -2.17. The molecule has 0 aromatic heterocycles. The van der Waals surface area contributed by atoms with Crippen molar-refractivity contribution in [1.82, 2.24) is 5.32 Å². The van der Waals surface area contributed by atoms with Gasteiger partial charge in [-0.2, -0.15) is 0 Å². The van der Waals surface area contributed by atoms with Crippen LogP contribution in [0.3, 0.4) is 0 Å². The van der Waals surface area contributed by atoms with Gasteiger partial charge in [0.1, 0.15) is 5.82 Å². The summed E-state index contributed by atoms with van der Waals surface area (Å²) in [6, 6.07) is 2.74. The third-order valence-electron chi connectivity index (χ3n) is 2.93. The van der Waals surface area contributed by atoms with Gasteiger partial charge >= 0.3 is 12.0 Å². The van der Waals surface area contributed by atoms with Gasteiger partial charge in [0, 0.05) is 6.04 Å². The Balaban J connectivity index is 2.74. The molecular formula is C14H19FN2O3. The van der Waals surface area contributed by atoms with Gasteiger partial charge in [0.25, 0.3) is 0 Å². The van der Waals surface area contributed by atoms with Crippen LogP contribution in [0.15, 0.2) is 18.2 Å². The number of amides is 2. The van der Waals surface area contributed by atoms with E-state index in [4.69, 9.17) is 5.11 Å². The van der Waals surface area contributed by atoms with Crippen LogP contribution < -0.4 is 10.6 Å². The normalized spacial score (nSPS) is 11.8. The van der Waals surface area contributed by atoms with E-state index in [1.165, 1.54) is 0 Å². The van der Waals surface area contributed by atoms with E-state index in [-0.39, 0.29) is 17.3 Å².